The van der Waals surface area contributed by atoms with Crippen LogP contribution >= 0.6 is 0 Å². The van der Waals surface area contributed by atoms with Crippen LogP contribution in [0, 0.1) is 6.92 Å². The molecule has 0 spiro atoms. The van der Waals surface area contributed by atoms with Gasteiger partial charge < -0.3 is 4.98 Å². The Bertz CT molecular complexity index is 906. The molecule has 1 aromatic carbocycles. The van der Waals surface area contributed by atoms with Crippen molar-refractivity contribution in [2.45, 2.75) is 6.92 Å². The van der Waals surface area contributed by atoms with Gasteiger partial charge >= 0.3 is 0 Å². The molecule has 3 nitrogen and oxygen atoms in total. The summed E-state index contributed by atoms with van der Waals surface area (Å²) in [5, 5.41) is 1.12. The van der Waals surface area contributed by atoms with E-state index < -0.39 is 0 Å². The molecule has 3 heteroatoms. The third-order valence-corrected chi connectivity index (χ3v) is 3.83. The summed E-state index contributed by atoms with van der Waals surface area (Å²) >= 11 is 0. The number of benzene rings is 1. The Balaban J connectivity index is 1.95. The normalized spacial score (nSPS) is 11.0. The summed E-state index contributed by atoms with van der Waals surface area (Å²) < 4.78 is 0. The number of hydrogen-bond donors (Lipinski definition) is 1. The maximum Gasteiger partial charge on any atom is 0.137 e. The summed E-state index contributed by atoms with van der Waals surface area (Å²) in [5.41, 5.74) is 6.68. The van der Waals surface area contributed by atoms with Gasteiger partial charge in [-0.05, 0) is 36.8 Å². The Morgan fingerprint density at radius 1 is 0.909 bits per heavy atom. The second-order valence-electron chi connectivity index (χ2n) is 5.41. The second kappa shape index (κ2) is 5.11. The number of aryl methyl sites for hydroxylation is 1. The summed E-state index contributed by atoms with van der Waals surface area (Å²) in [6.07, 6.45) is 5.50. The molecule has 0 radical (unpaired) electrons. The van der Waals surface area contributed by atoms with Gasteiger partial charge in [-0.3, -0.25) is 4.98 Å². The fraction of sp³-hybridized carbons (Fsp3) is 0.0526. The third-order valence-electron chi connectivity index (χ3n) is 3.83. The van der Waals surface area contributed by atoms with E-state index in [0.717, 1.165) is 27.9 Å². The van der Waals surface area contributed by atoms with Crippen molar-refractivity contribution in [3.05, 3.63) is 72.7 Å². The van der Waals surface area contributed by atoms with E-state index in [1.807, 2.05) is 18.3 Å². The number of nitrogens with zero attached hydrogens (tertiary/aromatic N) is 2. The molecule has 0 unspecified atom stereocenters. The number of hydrogen-bond acceptors (Lipinski definition) is 2. The van der Waals surface area contributed by atoms with Crippen molar-refractivity contribution in [1.29, 1.82) is 0 Å². The van der Waals surface area contributed by atoms with E-state index in [1.165, 1.54) is 11.1 Å². The first-order chi connectivity index (χ1) is 10.8. The van der Waals surface area contributed by atoms with Gasteiger partial charge in [-0.25, -0.2) is 4.98 Å². The molecule has 4 rings (SSSR count). The second-order valence-corrected chi connectivity index (χ2v) is 5.41. The Labute approximate surface area is 128 Å². The molecule has 0 amide bonds. The summed E-state index contributed by atoms with van der Waals surface area (Å²) in [5.74, 6) is 0. The summed E-state index contributed by atoms with van der Waals surface area (Å²) in [6.45, 7) is 2.11. The van der Waals surface area contributed by atoms with Crippen molar-refractivity contribution in [2.24, 2.45) is 0 Å². The Hall–Kier alpha value is -2.94. The number of pyridine rings is 2. The number of aromatic nitrogens is 3. The number of nitrogens with one attached hydrogen (secondary N) is 1. The minimum Gasteiger partial charge on any atom is -0.339 e. The first-order valence-corrected chi connectivity index (χ1v) is 7.26. The van der Waals surface area contributed by atoms with Crippen LogP contribution < -0.4 is 0 Å². The Morgan fingerprint density at radius 3 is 2.64 bits per heavy atom. The molecule has 0 saturated heterocycles. The van der Waals surface area contributed by atoms with Gasteiger partial charge in [0.1, 0.15) is 5.65 Å². The lowest BCUT2D eigenvalue weighted by Crippen LogP contribution is -1.87. The van der Waals surface area contributed by atoms with Gasteiger partial charge in [0.15, 0.2) is 0 Å². The Morgan fingerprint density at radius 2 is 1.82 bits per heavy atom. The molecular formula is C19H15N3. The van der Waals surface area contributed by atoms with Crippen LogP contribution in [0.2, 0.25) is 0 Å². The van der Waals surface area contributed by atoms with Crippen LogP contribution in [0.3, 0.4) is 0 Å². The van der Waals surface area contributed by atoms with Gasteiger partial charge in [-0.15, -0.1) is 0 Å². The molecular weight excluding hydrogens is 270 g/mol. The lowest BCUT2D eigenvalue weighted by atomic mass is 9.97. The van der Waals surface area contributed by atoms with Crippen LogP contribution in [0.1, 0.15) is 5.56 Å². The molecule has 106 valence electrons. The van der Waals surface area contributed by atoms with Crippen molar-refractivity contribution >= 4 is 11.0 Å². The maximum atomic E-state index is 4.38. The summed E-state index contributed by atoms with van der Waals surface area (Å²) in [4.78, 5) is 12.0. The highest BCUT2D eigenvalue weighted by Crippen LogP contribution is 2.33. The number of H-pyrrole nitrogens is 1. The number of fused-ring (bicyclic) bond motifs is 1. The van der Waals surface area contributed by atoms with Gasteiger partial charge in [0.05, 0.1) is 0 Å². The molecule has 0 saturated carbocycles. The van der Waals surface area contributed by atoms with E-state index in [9.17, 15) is 0 Å². The van der Waals surface area contributed by atoms with Gasteiger partial charge in [0, 0.05) is 40.8 Å². The highest BCUT2D eigenvalue weighted by molar-refractivity contribution is 5.88. The molecule has 0 aliphatic rings. The molecule has 1 N–H and O–H groups in total. The molecule has 0 aliphatic heterocycles. The zero-order valence-electron chi connectivity index (χ0n) is 12.2. The van der Waals surface area contributed by atoms with E-state index in [4.69, 9.17) is 0 Å². The predicted molar refractivity (Wildman–Crippen MR) is 89.5 cm³/mol. The quantitative estimate of drug-likeness (QED) is 0.584. The maximum absolute atomic E-state index is 4.38. The largest absolute Gasteiger partial charge is 0.339 e. The average Bonchev–Trinajstić information content (AvgIpc) is 2.99. The number of rotatable bonds is 2. The van der Waals surface area contributed by atoms with Crippen LogP contribution in [0.15, 0.2) is 67.1 Å². The zero-order chi connectivity index (χ0) is 14.9. The van der Waals surface area contributed by atoms with Gasteiger partial charge in [-0.1, -0.05) is 29.8 Å². The zero-order valence-corrected chi connectivity index (χ0v) is 12.2. The van der Waals surface area contributed by atoms with E-state index in [0.29, 0.717) is 0 Å². The molecule has 0 bridgehead atoms. The van der Waals surface area contributed by atoms with E-state index >= 15 is 0 Å². The van der Waals surface area contributed by atoms with E-state index in [2.05, 4.69) is 58.3 Å². The van der Waals surface area contributed by atoms with Crippen molar-refractivity contribution in [3.8, 4) is 22.4 Å². The monoisotopic (exact) mass is 285 g/mol. The predicted octanol–water partition coefficient (Wildman–Crippen LogP) is 4.60. The minimum absolute atomic E-state index is 0.912. The summed E-state index contributed by atoms with van der Waals surface area (Å²) in [7, 11) is 0. The first-order valence-electron chi connectivity index (χ1n) is 7.26. The lowest BCUT2D eigenvalue weighted by Gasteiger charge is -2.09. The van der Waals surface area contributed by atoms with Crippen molar-refractivity contribution in [2.75, 3.05) is 0 Å². The molecule has 4 aromatic rings. The highest BCUT2D eigenvalue weighted by atomic mass is 14.9. The van der Waals surface area contributed by atoms with Gasteiger partial charge in [-0.2, -0.15) is 0 Å². The molecule has 22 heavy (non-hydrogen) atoms. The van der Waals surface area contributed by atoms with Crippen LogP contribution in [0.5, 0.6) is 0 Å². The number of aromatic amines is 1. The summed E-state index contributed by atoms with van der Waals surface area (Å²) in [6, 6.07) is 16.7. The minimum atomic E-state index is 0.912. The molecule has 3 aromatic heterocycles. The van der Waals surface area contributed by atoms with Crippen LogP contribution in [-0.4, -0.2) is 15.0 Å². The fourth-order valence-corrected chi connectivity index (χ4v) is 2.76. The van der Waals surface area contributed by atoms with Crippen molar-refractivity contribution < 1.29 is 0 Å². The first kappa shape index (κ1) is 12.8. The van der Waals surface area contributed by atoms with Crippen LogP contribution in [0.25, 0.3) is 33.4 Å². The van der Waals surface area contributed by atoms with Crippen LogP contribution in [-0.2, 0) is 0 Å². The SMILES string of the molecule is Cc1ccc(-c2cc3cccnc3[nH]2)c(-c2cccnc2)c1. The van der Waals surface area contributed by atoms with Crippen molar-refractivity contribution in [3.63, 3.8) is 0 Å². The smallest absolute Gasteiger partial charge is 0.137 e. The highest BCUT2D eigenvalue weighted by Gasteiger charge is 2.10. The standard InChI is InChI=1S/C19H15N3/c1-13-6-7-16(17(10-13)15-5-2-8-20-12-15)18-11-14-4-3-9-21-19(14)22-18/h2-12H,1H3,(H,21,22). The molecule has 0 aliphatic carbocycles. The van der Waals surface area contributed by atoms with Crippen LogP contribution in [0.4, 0.5) is 0 Å². The topological polar surface area (TPSA) is 41.6 Å². The van der Waals surface area contributed by atoms with E-state index in [-0.39, 0.29) is 0 Å². The van der Waals surface area contributed by atoms with Gasteiger partial charge in [0.2, 0.25) is 0 Å². The third kappa shape index (κ3) is 2.17. The molecule has 0 atom stereocenters. The fourth-order valence-electron chi connectivity index (χ4n) is 2.76. The molecule has 3 heterocycles. The van der Waals surface area contributed by atoms with E-state index in [1.54, 1.807) is 12.4 Å². The van der Waals surface area contributed by atoms with Gasteiger partial charge in [0.25, 0.3) is 0 Å². The lowest BCUT2D eigenvalue weighted by molar-refractivity contribution is 1.31. The molecule has 0 fully saturated rings. The average molecular weight is 285 g/mol. The van der Waals surface area contributed by atoms with Crippen molar-refractivity contribution in [1.82, 2.24) is 15.0 Å². The Kier molecular flexibility index (Phi) is 2.97.